The average molecular weight is 414 g/mol. The molecular formula is C24H35N3OS. The van der Waals surface area contributed by atoms with E-state index in [1.54, 1.807) is 11.8 Å². The van der Waals surface area contributed by atoms with Crippen LogP contribution < -0.4 is 15.4 Å². The lowest BCUT2D eigenvalue weighted by molar-refractivity contribution is 0.292. The van der Waals surface area contributed by atoms with Gasteiger partial charge in [-0.3, -0.25) is 0 Å². The lowest BCUT2D eigenvalue weighted by Crippen LogP contribution is -2.34. The Kier molecular flexibility index (Phi) is 6.74. The molecule has 1 fully saturated rings. The van der Waals surface area contributed by atoms with Crippen LogP contribution in [-0.2, 0) is 0 Å². The molecule has 4 nitrogen and oxygen atoms in total. The third-order valence-corrected chi connectivity index (χ3v) is 8.12. The van der Waals surface area contributed by atoms with Gasteiger partial charge in [0, 0.05) is 12.6 Å². The van der Waals surface area contributed by atoms with Gasteiger partial charge in [-0.15, -0.1) is 11.8 Å². The highest BCUT2D eigenvalue weighted by molar-refractivity contribution is 8.03. The summed E-state index contributed by atoms with van der Waals surface area (Å²) in [6.45, 7) is 7.48. The SMILES string of the molecule is CC1C=CSC1C(N)=Nc1ccc2c(c1)OCCN2CCC1CCCCCC1C. The first-order chi connectivity index (χ1) is 14.1. The fourth-order valence-corrected chi connectivity index (χ4v) is 5.96. The molecule has 1 aliphatic carbocycles. The summed E-state index contributed by atoms with van der Waals surface area (Å²) in [5.41, 5.74) is 8.40. The summed E-state index contributed by atoms with van der Waals surface area (Å²) in [7, 11) is 0. The molecule has 4 atom stereocenters. The molecule has 3 aliphatic rings. The normalized spacial score (nSPS) is 30.0. The number of rotatable bonds is 5. The summed E-state index contributed by atoms with van der Waals surface area (Å²) in [5.74, 6) is 3.81. The molecule has 1 saturated carbocycles. The Morgan fingerprint density at radius 2 is 2.10 bits per heavy atom. The maximum absolute atomic E-state index is 6.30. The highest BCUT2D eigenvalue weighted by Gasteiger charge is 2.25. The van der Waals surface area contributed by atoms with Crippen molar-refractivity contribution >= 4 is 29.0 Å². The molecule has 0 aromatic heterocycles. The van der Waals surface area contributed by atoms with Crippen molar-refractivity contribution in [2.75, 3.05) is 24.6 Å². The van der Waals surface area contributed by atoms with Crippen LogP contribution in [0.1, 0.15) is 52.4 Å². The number of allylic oxidation sites excluding steroid dienone is 1. The lowest BCUT2D eigenvalue weighted by atomic mass is 9.87. The number of thioether (sulfide) groups is 1. The van der Waals surface area contributed by atoms with Crippen molar-refractivity contribution < 1.29 is 4.74 Å². The number of hydrogen-bond acceptors (Lipinski definition) is 4. The molecule has 1 aromatic rings. The molecule has 0 spiro atoms. The van der Waals surface area contributed by atoms with Gasteiger partial charge in [0.25, 0.3) is 0 Å². The zero-order valence-electron chi connectivity index (χ0n) is 17.8. The molecule has 0 bridgehead atoms. The third-order valence-electron chi connectivity index (χ3n) is 6.85. The molecule has 4 unspecified atom stereocenters. The van der Waals surface area contributed by atoms with E-state index in [1.165, 1.54) is 44.2 Å². The van der Waals surface area contributed by atoms with E-state index in [0.717, 1.165) is 43.0 Å². The molecule has 2 N–H and O–H groups in total. The number of aliphatic imine (C=N–C) groups is 1. The van der Waals surface area contributed by atoms with Gasteiger partial charge in [-0.2, -0.15) is 0 Å². The van der Waals surface area contributed by atoms with Crippen molar-refractivity contribution in [1.82, 2.24) is 0 Å². The van der Waals surface area contributed by atoms with Crippen LogP contribution in [0.15, 0.2) is 34.7 Å². The number of amidine groups is 1. The predicted molar refractivity (Wildman–Crippen MR) is 125 cm³/mol. The van der Waals surface area contributed by atoms with Gasteiger partial charge in [0.15, 0.2) is 0 Å². The molecule has 0 saturated heterocycles. The molecule has 0 radical (unpaired) electrons. The van der Waals surface area contributed by atoms with E-state index in [2.05, 4.69) is 48.4 Å². The van der Waals surface area contributed by atoms with Crippen LogP contribution >= 0.6 is 11.8 Å². The highest BCUT2D eigenvalue weighted by atomic mass is 32.2. The van der Waals surface area contributed by atoms with Crippen molar-refractivity contribution in [2.45, 2.75) is 57.6 Å². The second-order valence-corrected chi connectivity index (χ2v) is 9.98. The van der Waals surface area contributed by atoms with Gasteiger partial charge in [-0.25, -0.2) is 4.99 Å². The van der Waals surface area contributed by atoms with E-state index in [9.17, 15) is 0 Å². The highest BCUT2D eigenvalue weighted by Crippen LogP contribution is 2.37. The first kappa shape index (κ1) is 20.6. The van der Waals surface area contributed by atoms with E-state index in [0.29, 0.717) is 11.8 Å². The zero-order chi connectivity index (χ0) is 20.2. The van der Waals surface area contributed by atoms with Gasteiger partial charge >= 0.3 is 0 Å². The minimum absolute atomic E-state index is 0.241. The molecule has 0 amide bonds. The number of hydrogen-bond donors (Lipinski definition) is 1. The standard InChI is InChI=1S/C24H35N3OS/c1-17-6-4-3-5-7-19(17)10-12-27-13-14-28-22-16-20(8-9-21(22)27)26-24(25)23-18(2)11-15-29-23/h8-9,11,15-19,23H,3-7,10,12-14H2,1-2H3,(H2,25,26). The predicted octanol–water partition coefficient (Wildman–Crippen LogP) is 5.75. The molecule has 5 heteroatoms. The minimum Gasteiger partial charge on any atom is -0.489 e. The Balaban J connectivity index is 1.43. The van der Waals surface area contributed by atoms with Crippen molar-refractivity contribution in [3.8, 4) is 5.75 Å². The Bertz CT molecular complexity index is 762. The van der Waals surface area contributed by atoms with Gasteiger partial charge in [0.2, 0.25) is 0 Å². The number of ether oxygens (including phenoxy) is 1. The van der Waals surface area contributed by atoms with Crippen molar-refractivity contribution in [3.63, 3.8) is 0 Å². The van der Waals surface area contributed by atoms with E-state index in [1.807, 2.05) is 0 Å². The fourth-order valence-electron chi connectivity index (χ4n) is 4.92. The maximum atomic E-state index is 6.30. The largest absolute Gasteiger partial charge is 0.489 e. The van der Waals surface area contributed by atoms with Gasteiger partial charge in [-0.05, 0) is 41.7 Å². The lowest BCUT2D eigenvalue weighted by Gasteiger charge is -2.33. The van der Waals surface area contributed by atoms with E-state index >= 15 is 0 Å². The monoisotopic (exact) mass is 413 g/mol. The number of anilines is 1. The topological polar surface area (TPSA) is 50.9 Å². The molecule has 2 aliphatic heterocycles. The fraction of sp³-hybridized carbons (Fsp3) is 0.625. The van der Waals surface area contributed by atoms with Gasteiger partial charge in [-0.1, -0.05) is 52.0 Å². The number of nitrogens with two attached hydrogens (primary N) is 1. The molecule has 1 aromatic carbocycles. The van der Waals surface area contributed by atoms with Crippen molar-refractivity contribution in [2.24, 2.45) is 28.5 Å². The Morgan fingerprint density at radius 3 is 2.93 bits per heavy atom. The minimum atomic E-state index is 0.241. The number of benzene rings is 1. The smallest absolute Gasteiger partial charge is 0.144 e. The van der Waals surface area contributed by atoms with Crippen molar-refractivity contribution in [1.29, 1.82) is 0 Å². The second kappa shape index (κ2) is 9.46. The number of nitrogens with zero attached hydrogens (tertiary/aromatic N) is 2. The summed E-state index contributed by atoms with van der Waals surface area (Å²) in [5, 5.41) is 2.37. The van der Waals surface area contributed by atoms with Crippen LogP contribution in [0.4, 0.5) is 11.4 Å². The van der Waals surface area contributed by atoms with Crippen LogP contribution in [0.25, 0.3) is 0 Å². The van der Waals surface area contributed by atoms with Crippen LogP contribution in [0.3, 0.4) is 0 Å². The van der Waals surface area contributed by atoms with Crippen LogP contribution in [0.2, 0.25) is 0 Å². The van der Waals surface area contributed by atoms with E-state index in [-0.39, 0.29) is 5.25 Å². The maximum Gasteiger partial charge on any atom is 0.144 e. The van der Waals surface area contributed by atoms with E-state index < -0.39 is 0 Å². The molecule has 2 heterocycles. The van der Waals surface area contributed by atoms with Gasteiger partial charge in [0.05, 0.1) is 23.2 Å². The summed E-state index contributed by atoms with van der Waals surface area (Å²) >= 11 is 1.75. The molecule has 4 rings (SSSR count). The van der Waals surface area contributed by atoms with Gasteiger partial charge in [0.1, 0.15) is 18.2 Å². The van der Waals surface area contributed by atoms with Crippen LogP contribution in [0, 0.1) is 17.8 Å². The zero-order valence-corrected chi connectivity index (χ0v) is 18.7. The Morgan fingerprint density at radius 1 is 1.24 bits per heavy atom. The third kappa shape index (κ3) is 4.93. The van der Waals surface area contributed by atoms with Crippen LogP contribution in [-0.4, -0.2) is 30.8 Å². The number of fused-ring (bicyclic) bond motifs is 1. The second-order valence-electron chi connectivity index (χ2n) is 8.93. The average Bonchev–Trinajstić information content (AvgIpc) is 3.04. The molecule has 29 heavy (non-hydrogen) atoms. The Hall–Kier alpha value is -1.62. The van der Waals surface area contributed by atoms with Crippen molar-refractivity contribution in [3.05, 3.63) is 29.7 Å². The van der Waals surface area contributed by atoms with Gasteiger partial charge < -0.3 is 15.4 Å². The molecule has 158 valence electrons. The quantitative estimate of drug-likeness (QED) is 0.379. The van der Waals surface area contributed by atoms with E-state index in [4.69, 9.17) is 15.5 Å². The summed E-state index contributed by atoms with van der Waals surface area (Å²) in [4.78, 5) is 7.21. The first-order valence-corrected chi connectivity index (χ1v) is 12.2. The first-order valence-electron chi connectivity index (χ1n) is 11.3. The molecular weight excluding hydrogens is 378 g/mol. The van der Waals surface area contributed by atoms with Crippen LogP contribution in [0.5, 0.6) is 5.75 Å². The summed E-state index contributed by atoms with van der Waals surface area (Å²) in [6.07, 6.45) is 10.5. The summed E-state index contributed by atoms with van der Waals surface area (Å²) in [6, 6.07) is 6.31. The Labute approximate surface area is 180 Å². The summed E-state index contributed by atoms with van der Waals surface area (Å²) < 4.78 is 5.99.